The number of rotatable bonds is 8. The lowest BCUT2D eigenvalue weighted by Crippen LogP contribution is -2.54. The maximum atomic E-state index is 12.3. The molecule has 6 heteroatoms. The highest BCUT2D eigenvalue weighted by molar-refractivity contribution is 4.84. The van der Waals surface area contributed by atoms with Crippen molar-refractivity contribution in [3.8, 4) is 0 Å². The molecule has 1 fully saturated rings. The summed E-state index contributed by atoms with van der Waals surface area (Å²) in [6.45, 7) is 9.51. The Labute approximate surface area is 126 Å². The van der Waals surface area contributed by atoms with Crippen molar-refractivity contribution < 1.29 is 17.9 Å². The molecule has 1 saturated heterocycles. The maximum absolute atomic E-state index is 12.3. The van der Waals surface area contributed by atoms with Crippen LogP contribution in [0, 0.1) is 0 Å². The van der Waals surface area contributed by atoms with E-state index < -0.39 is 12.6 Å². The topological polar surface area (TPSA) is 24.5 Å². The molecule has 3 nitrogen and oxygen atoms in total. The van der Waals surface area contributed by atoms with Crippen LogP contribution in [0.25, 0.3) is 0 Å². The number of nitrogens with one attached hydrogen (secondary N) is 1. The van der Waals surface area contributed by atoms with Crippen molar-refractivity contribution in [1.82, 2.24) is 10.2 Å². The molecule has 1 aliphatic heterocycles. The van der Waals surface area contributed by atoms with Gasteiger partial charge in [0, 0.05) is 31.6 Å². The van der Waals surface area contributed by atoms with Crippen molar-refractivity contribution in [2.75, 3.05) is 26.2 Å². The van der Waals surface area contributed by atoms with Gasteiger partial charge in [-0.1, -0.05) is 6.92 Å². The Morgan fingerprint density at radius 3 is 2.62 bits per heavy atom. The summed E-state index contributed by atoms with van der Waals surface area (Å²) in [5, 5.41) is 3.37. The van der Waals surface area contributed by atoms with E-state index in [1.807, 2.05) is 0 Å². The minimum absolute atomic E-state index is 0.00819. The van der Waals surface area contributed by atoms with Crippen LogP contribution < -0.4 is 5.32 Å². The number of hydrogen-bond acceptors (Lipinski definition) is 3. The van der Waals surface area contributed by atoms with Crippen LogP contribution in [0.1, 0.15) is 46.5 Å². The molecule has 21 heavy (non-hydrogen) atoms. The predicted octanol–water partition coefficient (Wildman–Crippen LogP) is 3.20. The van der Waals surface area contributed by atoms with E-state index in [0.717, 1.165) is 26.1 Å². The van der Waals surface area contributed by atoms with Crippen LogP contribution in [0.4, 0.5) is 13.2 Å². The normalized spacial score (nSPS) is 22.7. The summed E-state index contributed by atoms with van der Waals surface area (Å²) in [6, 6.07) is 0.451. The molecule has 0 aliphatic carbocycles. The first-order valence-electron chi connectivity index (χ1n) is 7.99. The molecule has 1 N–H and O–H groups in total. The van der Waals surface area contributed by atoms with Crippen LogP contribution >= 0.6 is 0 Å². The summed E-state index contributed by atoms with van der Waals surface area (Å²) in [4.78, 5) is 2.33. The van der Waals surface area contributed by atoms with Crippen LogP contribution in [0.15, 0.2) is 0 Å². The average molecular weight is 310 g/mol. The lowest BCUT2D eigenvalue weighted by molar-refractivity contribution is -0.136. The van der Waals surface area contributed by atoms with Crippen molar-refractivity contribution in [3.05, 3.63) is 0 Å². The van der Waals surface area contributed by atoms with Gasteiger partial charge < -0.3 is 10.1 Å². The second-order valence-corrected chi connectivity index (χ2v) is 6.07. The Bertz CT molecular complexity index is 285. The number of halogens is 3. The fraction of sp³-hybridized carbons (Fsp3) is 1.00. The summed E-state index contributed by atoms with van der Waals surface area (Å²) < 4.78 is 42.7. The summed E-state index contributed by atoms with van der Waals surface area (Å²) in [5.41, 5.74) is 0. The molecule has 2 atom stereocenters. The van der Waals surface area contributed by atoms with Gasteiger partial charge in [-0.3, -0.25) is 4.90 Å². The number of ether oxygens (including phenoxy) is 1. The third-order valence-corrected chi connectivity index (χ3v) is 3.94. The molecule has 0 saturated carbocycles. The molecular weight excluding hydrogens is 281 g/mol. The lowest BCUT2D eigenvalue weighted by atomic mass is 10.0. The Kier molecular flexibility index (Phi) is 7.98. The first-order chi connectivity index (χ1) is 9.83. The fourth-order valence-electron chi connectivity index (χ4n) is 2.68. The van der Waals surface area contributed by atoms with E-state index in [9.17, 15) is 13.2 Å². The van der Waals surface area contributed by atoms with E-state index >= 15 is 0 Å². The highest BCUT2D eigenvalue weighted by Crippen LogP contribution is 2.24. The largest absolute Gasteiger partial charge is 0.389 e. The Morgan fingerprint density at radius 1 is 1.33 bits per heavy atom. The molecule has 1 heterocycles. The average Bonchev–Trinajstić information content (AvgIpc) is 2.41. The minimum Gasteiger partial charge on any atom is -0.374 e. The molecule has 1 rings (SSSR count). The third-order valence-electron chi connectivity index (χ3n) is 3.94. The highest BCUT2D eigenvalue weighted by atomic mass is 19.4. The maximum Gasteiger partial charge on any atom is 0.389 e. The van der Waals surface area contributed by atoms with Gasteiger partial charge in [0.25, 0.3) is 0 Å². The summed E-state index contributed by atoms with van der Waals surface area (Å²) in [7, 11) is 0. The van der Waals surface area contributed by atoms with Crippen LogP contribution in [0.3, 0.4) is 0 Å². The van der Waals surface area contributed by atoms with E-state index in [1.165, 1.54) is 0 Å². The van der Waals surface area contributed by atoms with Gasteiger partial charge >= 0.3 is 6.18 Å². The molecule has 1 aliphatic rings. The van der Waals surface area contributed by atoms with E-state index in [-0.39, 0.29) is 18.6 Å². The van der Waals surface area contributed by atoms with E-state index in [4.69, 9.17) is 4.74 Å². The SMILES string of the molecule is CCCNC(CCCC(F)(F)F)C1CN(C(C)C)CCO1. The minimum atomic E-state index is -4.06. The van der Waals surface area contributed by atoms with Crippen molar-refractivity contribution in [2.24, 2.45) is 0 Å². The van der Waals surface area contributed by atoms with E-state index in [0.29, 0.717) is 19.1 Å². The predicted molar refractivity (Wildman–Crippen MR) is 78.4 cm³/mol. The van der Waals surface area contributed by atoms with Gasteiger partial charge in [0.1, 0.15) is 0 Å². The highest BCUT2D eigenvalue weighted by Gasteiger charge is 2.31. The van der Waals surface area contributed by atoms with Crippen LogP contribution in [-0.4, -0.2) is 55.5 Å². The number of hydrogen-bond donors (Lipinski definition) is 1. The molecule has 0 radical (unpaired) electrons. The van der Waals surface area contributed by atoms with Gasteiger partial charge in [-0.2, -0.15) is 13.2 Å². The molecule has 0 spiro atoms. The van der Waals surface area contributed by atoms with Crippen molar-refractivity contribution >= 4 is 0 Å². The first-order valence-corrected chi connectivity index (χ1v) is 7.99. The lowest BCUT2D eigenvalue weighted by Gasteiger charge is -2.39. The smallest absolute Gasteiger partial charge is 0.374 e. The first kappa shape index (κ1) is 18.7. The van der Waals surface area contributed by atoms with Gasteiger partial charge in [0.15, 0.2) is 0 Å². The van der Waals surface area contributed by atoms with Crippen LogP contribution in [0.5, 0.6) is 0 Å². The summed E-state index contributed by atoms with van der Waals surface area (Å²) in [5.74, 6) is 0. The molecule has 2 unspecified atom stereocenters. The van der Waals surface area contributed by atoms with Crippen LogP contribution in [-0.2, 0) is 4.74 Å². The van der Waals surface area contributed by atoms with Crippen molar-refractivity contribution in [1.29, 1.82) is 0 Å². The monoisotopic (exact) mass is 310 g/mol. The van der Waals surface area contributed by atoms with Gasteiger partial charge in [-0.25, -0.2) is 0 Å². The second kappa shape index (κ2) is 8.96. The fourth-order valence-corrected chi connectivity index (χ4v) is 2.68. The molecule has 0 amide bonds. The summed E-state index contributed by atoms with van der Waals surface area (Å²) >= 11 is 0. The zero-order chi connectivity index (χ0) is 15.9. The van der Waals surface area contributed by atoms with Gasteiger partial charge in [-0.05, 0) is 39.7 Å². The van der Waals surface area contributed by atoms with Crippen molar-refractivity contribution in [3.63, 3.8) is 0 Å². The van der Waals surface area contributed by atoms with E-state index in [1.54, 1.807) is 0 Å². The Balaban J connectivity index is 2.50. The van der Waals surface area contributed by atoms with Gasteiger partial charge in [0.05, 0.1) is 12.7 Å². The van der Waals surface area contributed by atoms with E-state index in [2.05, 4.69) is 31.0 Å². The molecule has 0 bridgehead atoms. The number of nitrogens with zero attached hydrogens (tertiary/aromatic N) is 1. The molecule has 126 valence electrons. The third kappa shape index (κ3) is 7.47. The Hall–Kier alpha value is -0.330. The van der Waals surface area contributed by atoms with Crippen LogP contribution in [0.2, 0.25) is 0 Å². The molecule has 0 aromatic heterocycles. The Morgan fingerprint density at radius 2 is 2.05 bits per heavy atom. The van der Waals surface area contributed by atoms with Gasteiger partial charge in [0.2, 0.25) is 0 Å². The standard InChI is InChI=1S/C15H29F3N2O/c1-4-8-19-13(6-5-7-15(16,17)18)14-11-20(12(2)3)9-10-21-14/h12-14,19H,4-11H2,1-3H3. The summed E-state index contributed by atoms with van der Waals surface area (Å²) in [6.07, 6.45) is -3.15. The molecule has 0 aromatic rings. The van der Waals surface area contributed by atoms with Crippen molar-refractivity contribution in [2.45, 2.75) is 70.8 Å². The number of alkyl halides is 3. The molecule has 0 aromatic carbocycles. The van der Waals surface area contributed by atoms with Gasteiger partial charge in [-0.15, -0.1) is 0 Å². The number of morpholine rings is 1. The molecular formula is C15H29F3N2O. The zero-order valence-corrected chi connectivity index (χ0v) is 13.4. The second-order valence-electron chi connectivity index (χ2n) is 6.07. The zero-order valence-electron chi connectivity index (χ0n) is 13.4. The quantitative estimate of drug-likeness (QED) is 0.745.